The van der Waals surface area contributed by atoms with Crippen LogP contribution in [0.5, 0.6) is 0 Å². The Morgan fingerprint density at radius 3 is 2.23 bits per heavy atom. The van der Waals surface area contributed by atoms with Gasteiger partial charge in [-0.25, -0.2) is 0 Å². The molecule has 3 heterocycles. The highest BCUT2D eigenvalue weighted by atomic mass is 32.2. The first-order valence-corrected chi connectivity index (χ1v) is 19.1. The van der Waals surface area contributed by atoms with Crippen LogP contribution in [-0.4, -0.2) is 11.3 Å². The van der Waals surface area contributed by atoms with Crippen LogP contribution in [0.4, 0.5) is 11.4 Å². The second-order valence-corrected chi connectivity index (χ2v) is 15.4. The summed E-state index contributed by atoms with van der Waals surface area (Å²) in [4.78, 5) is 3.89. The minimum atomic E-state index is 0.297. The third-order valence-corrected chi connectivity index (χ3v) is 12.0. The van der Waals surface area contributed by atoms with Crippen molar-refractivity contribution in [3.8, 4) is 22.3 Å². The molecule has 0 fully saturated rings. The van der Waals surface area contributed by atoms with Crippen molar-refractivity contribution in [3.05, 3.63) is 193 Å². The quantitative estimate of drug-likeness (QED) is 0.183. The van der Waals surface area contributed by atoms with Crippen LogP contribution in [0.2, 0.25) is 0 Å². The summed E-state index contributed by atoms with van der Waals surface area (Å²) in [6, 6.07) is 49.0. The van der Waals surface area contributed by atoms with Gasteiger partial charge >= 0.3 is 0 Å². The van der Waals surface area contributed by atoms with Crippen LogP contribution in [0.15, 0.2) is 185 Å². The summed E-state index contributed by atoms with van der Waals surface area (Å²) in [5.74, 6) is 0.380. The summed E-state index contributed by atoms with van der Waals surface area (Å²) < 4.78 is 6.10. The van der Waals surface area contributed by atoms with Crippen LogP contribution >= 0.6 is 11.8 Å². The van der Waals surface area contributed by atoms with E-state index in [1.165, 1.54) is 60.8 Å². The van der Waals surface area contributed by atoms with Crippen LogP contribution in [0.25, 0.3) is 49.8 Å². The van der Waals surface area contributed by atoms with Crippen LogP contribution in [0.3, 0.4) is 0 Å². The summed E-state index contributed by atoms with van der Waals surface area (Å²) in [7, 11) is 0. The lowest BCUT2D eigenvalue weighted by molar-refractivity contribution is 0.669. The van der Waals surface area contributed by atoms with Gasteiger partial charge < -0.3 is 9.32 Å². The lowest BCUT2D eigenvalue weighted by Gasteiger charge is -2.29. The maximum Gasteiger partial charge on any atom is 0.135 e. The average molecular weight is 688 g/mol. The monoisotopic (exact) mass is 687 g/mol. The van der Waals surface area contributed by atoms with E-state index in [0.717, 1.165) is 28.4 Å². The molecular formula is C49H37NOS. The molecule has 1 aromatic heterocycles. The number of hydrogen-bond donors (Lipinski definition) is 0. The first-order chi connectivity index (χ1) is 25.7. The lowest BCUT2D eigenvalue weighted by Crippen LogP contribution is -2.28. The van der Waals surface area contributed by atoms with Crippen molar-refractivity contribution in [2.45, 2.75) is 35.4 Å². The summed E-state index contributed by atoms with van der Waals surface area (Å²) >= 11 is 1.95. The highest BCUT2D eigenvalue weighted by Gasteiger charge is 2.37. The summed E-state index contributed by atoms with van der Waals surface area (Å²) in [6.07, 6.45) is 17.1. The highest BCUT2D eigenvalue weighted by Crippen LogP contribution is 2.48. The zero-order valence-electron chi connectivity index (χ0n) is 28.9. The third-order valence-electron chi connectivity index (χ3n) is 10.8. The van der Waals surface area contributed by atoms with Crippen molar-refractivity contribution in [2.75, 3.05) is 4.90 Å². The topological polar surface area (TPSA) is 16.4 Å². The van der Waals surface area contributed by atoms with Gasteiger partial charge in [-0.1, -0.05) is 121 Å². The van der Waals surface area contributed by atoms with Crippen molar-refractivity contribution < 1.29 is 4.42 Å². The predicted octanol–water partition coefficient (Wildman–Crippen LogP) is 13.3. The van der Waals surface area contributed by atoms with E-state index < -0.39 is 0 Å². The molecule has 0 bridgehead atoms. The molecule has 2 unspecified atom stereocenters. The molecule has 52 heavy (non-hydrogen) atoms. The van der Waals surface area contributed by atoms with Crippen molar-refractivity contribution in [1.29, 1.82) is 0 Å². The molecule has 0 spiro atoms. The number of furan rings is 1. The highest BCUT2D eigenvalue weighted by molar-refractivity contribution is 8.00. The Hall–Kier alpha value is -5.77. The van der Waals surface area contributed by atoms with Gasteiger partial charge in [0, 0.05) is 38.2 Å². The first-order valence-electron chi connectivity index (χ1n) is 18.2. The van der Waals surface area contributed by atoms with Gasteiger partial charge in [-0.2, -0.15) is 0 Å². The Bertz CT molecular complexity index is 2640. The Morgan fingerprint density at radius 1 is 0.615 bits per heavy atom. The van der Waals surface area contributed by atoms with Crippen LogP contribution in [0.1, 0.15) is 29.5 Å². The smallest absolute Gasteiger partial charge is 0.135 e. The molecule has 2 aliphatic heterocycles. The fourth-order valence-electron chi connectivity index (χ4n) is 8.22. The van der Waals surface area contributed by atoms with Crippen molar-refractivity contribution in [3.63, 3.8) is 0 Å². The Balaban J connectivity index is 0.976. The first kappa shape index (κ1) is 31.0. The summed E-state index contributed by atoms with van der Waals surface area (Å²) in [5.41, 5.74) is 14.5. The molecule has 1 aliphatic carbocycles. The zero-order valence-corrected chi connectivity index (χ0v) is 29.8. The zero-order chi connectivity index (χ0) is 34.6. The molecule has 0 amide bonds. The maximum absolute atomic E-state index is 6.10. The fraction of sp³-hybridized carbons (Fsp3) is 0.102. The molecule has 0 radical (unpaired) electrons. The molecule has 2 nitrogen and oxygen atoms in total. The molecule has 3 aliphatic rings. The summed E-state index contributed by atoms with van der Waals surface area (Å²) in [5, 5.41) is 2.65. The van der Waals surface area contributed by atoms with Gasteiger partial charge in [0.1, 0.15) is 11.2 Å². The molecule has 7 aromatic rings. The van der Waals surface area contributed by atoms with Crippen LogP contribution in [0, 0.1) is 0 Å². The van der Waals surface area contributed by atoms with Gasteiger partial charge in [-0.15, -0.1) is 11.8 Å². The van der Waals surface area contributed by atoms with E-state index in [1.54, 1.807) is 0 Å². The van der Waals surface area contributed by atoms with Crippen molar-refractivity contribution in [2.24, 2.45) is 0 Å². The number of hydrogen-bond acceptors (Lipinski definition) is 3. The van der Waals surface area contributed by atoms with E-state index in [0.29, 0.717) is 17.2 Å². The van der Waals surface area contributed by atoms with E-state index in [9.17, 15) is 0 Å². The third kappa shape index (κ3) is 5.44. The molecule has 10 rings (SSSR count). The average Bonchev–Trinajstić information content (AvgIpc) is 3.76. The molecule has 0 N–H and O–H groups in total. The minimum Gasteiger partial charge on any atom is -0.456 e. The second-order valence-electron chi connectivity index (χ2n) is 14.0. The Labute approximate surface area is 309 Å². The molecule has 3 atom stereocenters. The molecule has 250 valence electrons. The normalized spacial score (nSPS) is 20.8. The van der Waals surface area contributed by atoms with E-state index in [4.69, 9.17) is 4.42 Å². The molecular weight excluding hydrogens is 651 g/mol. The second kappa shape index (κ2) is 12.8. The lowest BCUT2D eigenvalue weighted by atomic mass is 9.91. The number of allylic oxidation sites excluding steroid dienone is 5. The number of rotatable bonds is 4. The van der Waals surface area contributed by atoms with Gasteiger partial charge in [-0.05, 0) is 112 Å². The molecule has 0 saturated carbocycles. The van der Waals surface area contributed by atoms with E-state index >= 15 is 0 Å². The van der Waals surface area contributed by atoms with Gasteiger partial charge in [0.15, 0.2) is 0 Å². The van der Waals surface area contributed by atoms with Gasteiger partial charge in [0.2, 0.25) is 0 Å². The van der Waals surface area contributed by atoms with Gasteiger partial charge in [0.25, 0.3) is 0 Å². The van der Waals surface area contributed by atoms with Crippen LogP contribution in [-0.2, 0) is 6.42 Å². The molecule has 6 aromatic carbocycles. The molecule has 3 heteroatoms. The van der Waals surface area contributed by atoms with E-state index in [-0.39, 0.29) is 0 Å². The number of fused-ring (bicyclic) bond motifs is 7. The Kier molecular flexibility index (Phi) is 7.62. The molecule has 0 saturated heterocycles. The standard InChI is InChI=1S/C49H37NOS/c1-32-20-21-33(22-23-39-30-40(25-27-49(39)52-32)50-45-17-5-2-14-41(45)42-15-3-6-18-46(42)50)34-10-8-11-35(28-34)36-12-9-13-37(29-36)38-24-26-48-44(31-38)43-16-4-7-19-47(43)51-48/h2-22,24-32,41,45H,23H2,1H3/b21-20-,33-22+/t32-,41?,45?/m1/s1. The number of thioether (sulfide) groups is 1. The van der Waals surface area contributed by atoms with Crippen molar-refractivity contribution in [1.82, 2.24) is 0 Å². The minimum absolute atomic E-state index is 0.297. The number of para-hydroxylation sites is 2. The number of anilines is 2. The SMILES string of the molecule is C[C@@H]1/C=C\C(c2cccc(-c3cccc(-c4ccc5oc6ccccc6c5c4)c3)c2)=C/Cc2cc(N3c4ccccc4C4C=CC=CC43)ccc2S1. The van der Waals surface area contributed by atoms with E-state index in [1.807, 2.05) is 23.9 Å². The van der Waals surface area contributed by atoms with Crippen LogP contribution < -0.4 is 4.90 Å². The number of benzene rings is 6. The Morgan fingerprint density at radius 2 is 1.35 bits per heavy atom. The van der Waals surface area contributed by atoms with E-state index in [2.05, 4.69) is 176 Å². The van der Waals surface area contributed by atoms with Crippen molar-refractivity contribution >= 4 is 50.6 Å². The summed E-state index contributed by atoms with van der Waals surface area (Å²) in [6.45, 7) is 2.30. The fourth-order valence-corrected chi connectivity index (χ4v) is 9.22. The van der Waals surface area contributed by atoms with Gasteiger partial charge in [0.05, 0.1) is 6.04 Å². The number of nitrogens with zero attached hydrogens (tertiary/aromatic N) is 1. The van der Waals surface area contributed by atoms with Gasteiger partial charge in [-0.3, -0.25) is 0 Å². The largest absolute Gasteiger partial charge is 0.456 e. The maximum atomic E-state index is 6.10. The predicted molar refractivity (Wildman–Crippen MR) is 221 cm³/mol.